The molecule has 112 valence electrons. The lowest BCUT2D eigenvalue weighted by molar-refractivity contribution is 0.232. The Morgan fingerprint density at radius 2 is 2.10 bits per heavy atom. The number of para-hydroxylation sites is 1. The van der Waals surface area contributed by atoms with Crippen LogP contribution in [-0.4, -0.2) is 30.7 Å². The van der Waals surface area contributed by atoms with Crippen LogP contribution in [0.25, 0.3) is 0 Å². The predicted octanol–water partition coefficient (Wildman–Crippen LogP) is 2.43. The third-order valence-corrected chi connectivity index (χ3v) is 5.50. The highest BCUT2D eigenvalue weighted by Crippen LogP contribution is 2.37. The zero-order valence-electron chi connectivity index (χ0n) is 12.4. The molecule has 1 saturated carbocycles. The lowest BCUT2D eigenvalue weighted by Gasteiger charge is -2.33. The van der Waals surface area contributed by atoms with Crippen LogP contribution in [0.1, 0.15) is 37.7 Å². The molecule has 0 unspecified atom stereocenters. The molecular weight excluding hydrogens is 262 g/mol. The van der Waals surface area contributed by atoms with Crippen molar-refractivity contribution in [3.05, 3.63) is 29.8 Å². The lowest BCUT2D eigenvalue weighted by atomic mass is 9.90. The standard InChI is InChI=1S/C17H23N3O/c21-16(20-12-8-13-5-1-2-6-14(13)20)19-15-7-11-18-17(15)9-3-4-10-17/h1-2,5-6,15,18H,3-4,7-12H2,(H,19,21)/t15-/m0/s1. The Bertz CT molecular complexity index is 545. The minimum atomic E-state index is 0.0833. The van der Waals surface area contributed by atoms with Gasteiger partial charge in [-0.3, -0.25) is 4.90 Å². The van der Waals surface area contributed by atoms with Crippen molar-refractivity contribution in [1.82, 2.24) is 10.6 Å². The zero-order valence-corrected chi connectivity index (χ0v) is 12.4. The van der Waals surface area contributed by atoms with Crippen LogP contribution in [0.3, 0.4) is 0 Å². The summed E-state index contributed by atoms with van der Waals surface area (Å²) in [7, 11) is 0. The first-order valence-corrected chi connectivity index (χ1v) is 8.19. The Balaban J connectivity index is 1.49. The van der Waals surface area contributed by atoms with Crippen molar-refractivity contribution in [2.24, 2.45) is 0 Å². The summed E-state index contributed by atoms with van der Waals surface area (Å²) < 4.78 is 0. The molecule has 1 atom stereocenters. The number of benzene rings is 1. The van der Waals surface area contributed by atoms with Crippen LogP contribution >= 0.6 is 0 Å². The van der Waals surface area contributed by atoms with Gasteiger partial charge in [0.2, 0.25) is 0 Å². The number of nitrogens with one attached hydrogen (secondary N) is 2. The SMILES string of the molecule is O=C(N[C@H]1CCNC12CCCC2)N1CCc2ccccc21. The van der Waals surface area contributed by atoms with Gasteiger partial charge in [-0.25, -0.2) is 4.79 Å². The number of urea groups is 1. The van der Waals surface area contributed by atoms with Gasteiger partial charge in [0.25, 0.3) is 0 Å². The van der Waals surface area contributed by atoms with Gasteiger partial charge in [-0.2, -0.15) is 0 Å². The van der Waals surface area contributed by atoms with Crippen LogP contribution in [-0.2, 0) is 6.42 Å². The van der Waals surface area contributed by atoms with Crippen molar-refractivity contribution in [3.63, 3.8) is 0 Å². The largest absolute Gasteiger partial charge is 0.333 e. The fraction of sp³-hybridized carbons (Fsp3) is 0.588. The predicted molar refractivity (Wildman–Crippen MR) is 83.6 cm³/mol. The highest BCUT2D eigenvalue weighted by atomic mass is 16.2. The fourth-order valence-electron chi connectivity index (χ4n) is 4.38. The molecule has 3 aliphatic rings. The molecule has 4 heteroatoms. The van der Waals surface area contributed by atoms with Crippen LogP contribution < -0.4 is 15.5 Å². The summed E-state index contributed by atoms with van der Waals surface area (Å²) in [5, 5.41) is 6.98. The second-order valence-electron chi connectivity index (χ2n) is 6.61. The summed E-state index contributed by atoms with van der Waals surface area (Å²) in [6.45, 7) is 1.83. The summed E-state index contributed by atoms with van der Waals surface area (Å²) in [6.07, 6.45) is 7.00. The molecule has 2 amide bonds. The Morgan fingerprint density at radius 3 is 2.95 bits per heavy atom. The number of amides is 2. The number of fused-ring (bicyclic) bond motifs is 1. The first kappa shape index (κ1) is 13.1. The van der Waals surface area contributed by atoms with E-state index < -0.39 is 0 Å². The monoisotopic (exact) mass is 285 g/mol. The lowest BCUT2D eigenvalue weighted by Crippen LogP contribution is -2.55. The molecule has 1 aromatic rings. The summed E-state index contributed by atoms with van der Waals surface area (Å²) in [6, 6.07) is 8.62. The van der Waals surface area contributed by atoms with Crippen molar-refractivity contribution < 1.29 is 4.79 Å². The normalized spacial score (nSPS) is 26.3. The van der Waals surface area contributed by atoms with E-state index in [1.54, 1.807) is 0 Å². The molecular formula is C17H23N3O. The van der Waals surface area contributed by atoms with E-state index in [-0.39, 0.29) is 11.6 Å². The Kier molecular flexibility index (Phi) is 3.14. The zero-order chi connectivity index (χ0) is 14.3. The van der Waals surface area contributed by atoms with Gasteiger partial charge in [-0.1, -0.05) is 31.0 Å². The van der Waals surface area contributed by atoms with E-state index in [2.05, 4.69) is 28.8 Å². The van der Waals surface area contributed by atoms with Crippen molar-refractivity contribution in [2.45, 2.75) is 50.1 Å². The van der Waals surface area contributed by atoms with Crippen molar-refractivity contribution >= 4 is 11.7 Å². The molecule has 21 heavy (non-hydrogen) atoms. The van der Waals surface area contributed by atoms with Gasteiger partial charge in [-0.05, 0) is 43.9 Å². The summed E-state index contributed by atoms with van der Waals surface area (Å²) in [5.41, 5.74) is 2.55. The van der Waals surface area contributed by atoms with Crippen LogP contribution in [0, 0.1) is 0 Å². The smallest absolute Gasteiger partial charge is 0.322 e. The van der Waals surface area contributed by atoms with Crippen LogP contribution in [0.15, 0.2) is 24.3 Å². The van der Waals surface area contributed by atoms with Crippen molar-refractivity contribution in [2.75, 3.05) is 18.0 Å². The fourth-order valence-corrected chi connectivity index (χ4v) is 4.38. The van der Waals surface area contributed by atoms with Gasteiger partial charge in [0, 0.05) is 23.8 Å². The topological polar surface area (TPSA) is 44.4 Å². The first-order valence-electron chi connectivity index (χ1n) is 8.19. The number of carbonyl (C=O) groups excluding carboxylic acids is 1. The highest BCUT2D eigenvalue weighted by molar-refractivity contribution is 5.94. The number of hydrogen-bond acceptors (Lipinski definition) is 2. The van der Waals surface area contributed by atoms with Gasteiger partial charge in [0.15, 0.2) is 0 Å². The Labute approximate surface area is 125 Å². The van der Waals surface area contributed by atoms with E-state index in [0.717, 1.165) is 31.6 Å². The minimum Gasteiger partial charge on any atom is -0.333 e. The molecule has 2 aliphatic heterocycles. The summed E-state index contributed by atoms with van der Waals surface area (Å²) in [4.78, 5) is 14.6. The van der Waals surface area contributed by atoms with Gasteiger partial charge in [0.05, 0.1) is 0 Å². The Morgan fingerprint density at radius 1 is 1.29 bits per heavy atom. The van der Waals surface area contributed by atoms with Crippen LogP contribution in [0.2, 0.25) is 0 Å². The molecule has 0 aromatic heterocycles. The molecule has 2 fully saturated rings. The van der Waals surface area contributed by atoms with Gasteiger partial charge < -0.3 is 10.6 Å². The minimum absolute atomic E-state index is 0.0833. The molecule has 4 rings (SSSR count). The maximum atomic E-state index is 12.7. The average molecular weight is 285 g/mol. The van der Waals surface area contributed by atoms with Crippen molar-refractivity contribution in [1.29, 1.82) is 0 Å². The number of hydrogen-bond donors (Lipinski definition) is 2. The third-order valence-electron chi connectivity index (χ3n) is 5.50. The summed E-state index contributed by atoms with van der Waals surface area (Å²) >= 11 is 0. The van der Waals surface area contributed by atoms with E-state index in [1.165, 1.54) is 31.2 Å². The van der Waals surface area contributed by atoms with Gasteiger partial charge in [0.1, 0.15) is 0 Å². The quantitative estimate of drug-likeness (QED) is 0.832. The first-order chi connectivity index (χ1) is 10.3. The summed E-state index contributed by atoms with van der Waals surface area (Å²) in [5.74, 6) is 0. The molecule has 0 bridgehead atoms. The van der Waals surface area contributed by atoms with Crippen LogP contribution in [0.4, 0.5) is 10.5 Å². The highest BCUT2D eigenvalue weighted by Gasteiger charge is 2.45. The average Bonchev–Trinajstić information content (AvgIpc) is 3.22. The second-order valence-corrected chi connectivity index (χ2v) is 6.61. The molecule has 2 heterocycles. The van der Waals surface area contributed by atoms with Crippen molar-refractivity contribution in [3.8, 4) is 0 Å². The Hall–Kier alpha value is -1.55. The maximum absolute atomic E-state index is 12.7. The molecule has 2 N–H and O–H groups in total. The van der Waals surface area contributed by atoms with E-state index in [1.807, 2.05) is 11.0 Å². The van der Waals surface area contributed by atoms with Gasteiger partial charge in [-0.15, -0.1) is 0 Å². The van der Waals surface area contributed by atoms with E-state index in [0.29, 0.717) is 6.04 Å². The van der Waals surface area contributed by atoms with Gasteiger partial charge >= 0.3 is 6.03 Å². The number of nitrogens with zero attached hydrogens (tertiary/aromatic N) is 1. The van der Waals surface area contributed by atoms with Crippen LogP contribution in [0.5, 0.6) is 0 Å². The molecule has 0 radical (unpaired) electrons. The van der Waals surface area contributed by atoms with E-state index in [4.69, 9.17) is 0 Å². The molecule has 1 aromatic carbocycles. The molecule has 1 saturated heterocycles. The molecule has 1 aliphatic carbocycles. The van der Waals surface area contributed by atoms with E-state index >= 15 is 0 Å². The molecule has 1 spiro atoms. The maximum Gasteiger partial charge on any atom is 0.322 e. The number of carbonyl (C=O) groups is 1. The number of anilines is 1. The van der Waals surface area contributed by atoms with E-state index in [9.17, 15) is 4.79 Å². The second kappa shape index (κ2) is 5.02. The number of rotatable bonds is 1. The molecule has 4 nitrogen and oxygen atoms in total. The third kappa shape index (κ3) is 2.13.